The number of allylic oxidation sites excluding steroid dienone is 1. The zero-order valence-electron chi connectivity index (χ0n) is 12.1. The highest BCUT2D eigenvalue weighted by molar-refractivity contribution is 4.95. The van der Waals surface area contributed by atoms with Crippen molar-refractivity contribution < 1.29 is 0 Å². The molecule has 0 spiro atoms. The lowest BCUT2D eigenvalue weighted by Gasteiger charge is -2.41. The van der Waals surface area contributed by atoms with E-state index in [-0.39, 0.29) is 0 Å². The van der Waals surface area contributed by atoms with Crippen molar-refractivity contribution in [1.29, 1.82) is 0 Å². The van der Waals surface area contributed by atoms with Gasteiger partial charge in [0, 0.05) is 6.04 Å². The Morgan fingerprint density at radius 3 is 2.47 bits per heavy atom. The predicted molar refractivity (Wildman–Crippen MR) is 77.3 cm³/mol. The summed E-state index contributed by atoms with van der Waals surface area (Å²) in [6.07, 6.45) is 10.8. The molecule has 0 aliphatic heterocycles. The molecule has 0 heterocycles. The molecule has 0 saturated heterocycles. The summed E-state index contributed by atoms with van der Waals surface area (Å²) in [5.74, 6) is 0. The van der Waals surface area contributed by atoms with Crippen LogP contribution < -0.4 is 5.32 Å². The molecule has 100 valence electrons. The van der Waals surface area contributed by atoms with Gasteiger partial charge in [-0.2, -0.15) is 0 Å². The quantitative estimate of drug-likeness (QED) is 0.634. The molecule has 1 nitrogen and oxygen atoms in total. The van der Waals surface area contributed by atoms with Crippen LogP contribution in [0.2, 0.25) is 0 Å². The SMILES string of the molecule is C=C(C)CCC(NCCC)C1(C)CCCCC1. The molecular formula is C16H31N. The van der Waals surface area contributed by atoms with E-state index in [0.717, 1.165) is 6.54 Å². The Hall–Kier alpha value is -0.300. The molecule has 1 atom stereocenters. The van der Waals surface area contributed by atoms with Gasteiger partial charge >= 0.3 is 0 Å². The summed E-state index contributed by atoms with van der Waals surface area (Å²) in [6.45, 7) is 12.1. The van der Waals surface area contributed by atoms with E-state index in [0.29, 0.717) is 11.5 Å². The van der Waals surface area contributed by atoms with Crippen LogP contribution in [0.4, 0.5) is 0 Å². The van der Waals surface area contributed by atoms with Crippen molar-refractivity contribution in [1.82, 2.24) is 5.32 Å². The molecule has 1 aliphatic carbocycles. The lowest BCUT2D eigenvalue weighted by Crippen LogP contribution is -2.45. The normalized spacial score (nSPS) is 21.1. The summed E-state index contributed by atoms with van der Waals surface area (Å²) in [5.41, 5.74) is 1.86. The second-order valence-corrected chi connectivity index (χ2v) is 6.22. The van der Waals surface area contributed by atoms with Gasteiger partial charge < -0.3 is 5.32 Å². The summed E-state index contributed by atoms with van der Waals surface area (Å²) in [6, 6.07) is 0.694. The molecule has 0 aromatic heterocycles. The number of hydrogen-bond donors (Lipinski definition) is 1. The average Bonchev–Trinajstić information content (AvgIpc) is 2.29. The first-order valence-corrected chi connectivity index (χ1v) is 7.46. The van der Waals surface area contributed by atoms with Gasteiger partial charge in [-0.3, -0.25) is 0 Å². The van der Waals surface area contributed by atoms with E-state index in [1.54, 1.807) is 0 Å². The zero-order valence-corrected chi connectivity index (χ0v) is 12.1. The minimum atomic E-state index is 0.531. The van der Waals surface area contributed by atoms with E-state index in [2.05, 4.69) is 32.7 Å². The molecule has 0 radical (unpaired) electrons. The Balaban J connectivity index is 2.55. The van der Waals surface area contributed by atoms with E-state index >= 15 is 0 Å². The van der Waals surface area contributed by atoms with Crippen LogP contribution in [0.5, 0.6) is 0 Å². The standard InChI is InChI=1S/C16H31N/c1-5-13-17-15(10-9-14(2)3)16(4)11-7-6-8-12-16/h15,17H,2,5-13H2,1,3-4H3. The third kappa shape index (κ3) is 4.83. The van der Waals surface area contributed by atoms with Crippen molar-refractivity contribution in [3.8, 4) is 0 Å². The lowest BCUT2D eigenvalue weighted by molar-refractivity contribution is 0.138. The molecule has 1 rings (SSSR count). The van der Waals surface area contributed by atoms with E-state index in [1.165, 1.54) is 56.9 Å². The number of hydrogen-bond acceptors (Lipinski definition) is 1. The molecule has 1 aliphatic rings. The molecule has 1 heteroatoms. The highest BCUT2D eigenvalue weighted by Gasteiger charge is 2.34. The molecule has 1 N–H and O–H groups in total. The van der Waals surface area contributed by atoms with Crippen LogP contribution in [0.15, 0.2) is 12.2 Å². The van der Waals surface area contributed by atoms with Crippen LogP contribution >= 0.6 is 0 Å². The first-order chi connectivity index (χ1) is 8.08. The molecule has 17 heavy (non-hydrogen) atoms. The second-order valence-electron chi connectivity index (χ2n) is 6.22. The average molecular weight is 237 g/mol. The Morgan fingerprint density at radius 1 is 1.29 bits per heavy atom. The fourth-order valence-electron chi connectivity index (χ4n) is 3.11. The van der Waals surface area contributed by atoms with Crippen LogP contribution in [-0.4, -0.2) is 12.6 Å². The maximum atomic E-state index is 4.05. The van der Waals surface area contributed by atoms with Gasteiger partial charge in [0.05, 0.1) is 0 Å². The minimum Gasteiger partial charge on any atom is -0.313 e. The monoisotopic (exact) mass is 237 g/mol. The lowest BCUT2D eigenvalue weighted by atomic mass is 9.69. The molecule has 1 unspecified atom stereocenters. The molecule has 1 fully saturated rings. The van der Waals surface area contributed by atoms with E-state index in [4.69, 9.17) is 0 Å². The van der Waals surface area contributed by atoms with E-state index < -0.39 is 0 Å². The third-order valence-corrected chi connectivity index (χ3v) is 4.34. The largest absolute Gasteiger partial charge is 0.313 e. The molecule has 0 amide bonds. The molecular weight excluding hydrogens is 206 g/mol. The first kappa shape index (κ1) is 14.8. The van der Waals surface area contributed by atoms with Crippen LogP contribution in [0.3, 0.4) is 0 Å². The summed E-state index contributed by atoms with van der Waals surface area (Å²) in [5, 5.41) is 3.79. The Morgan fingerprint density at radius 2 is 1.94 bits per heavy atom. The van der Waals surface area contributed by atoms with E-state index in [9.17, 15) is 0 Å². The van der Waals surface area contributed by atoms with Crippen molar-refractivity contribution in [2.45, 2.75) is 78.2 Å². The van der Waals surface area contributed by atoms with Crippen LogP contribution in [0, 0.1) is 5.41 Å². The van der Waals surface area contributed by atoms with Gasteiger partial charge in [0.15, 0.2) is 0 Å². The maximum absolute atomic E-state index is 4.05. The van der Waals surface area contributed by atoms with Gasteiger partial charge in [-0.15, -0.1) is 6.58 Å². The maximum Gasteiger partial charge on any atom is 0.0124 e. The molecule has 0 aromatic rings. The summed E-state index contributed by atoms with van der Waals surface area (Å²) in [7, 11) is 0. The summed E-state index contributed by atoms with van der Waals surface area (Å²) >= 11 is 0. The van der Waals surface area contributed by atoms with Gasteiger partial charge in [-0.05, 0) is 51.0 Å². The molecule has 0 bridgehead atoms. The fraction of sp³-hybridized carbons (Fsp3) is 0.875. The highest BCUT2D eigenvalue weighted by Crippen LogP contribution is 2.40. The second kappa shape index (κ2) is 7.20. The van der Waals surface area contributed by atoms with E-state index in [1.807, 2.05) is 0 Å². The van der Waals surface area contributed by atoms with Gasteiger partial charge in [-0.1, -0.05) is 38.7 Å². The van der Waals surface area contributed by atoms with Crippen molar-refractivity contribution in [2.24, 2.45) is 5.41 Å². The van der Waals surface area contributed by atoms with Crippen molar-refractivity contribution in [2.75, 3.05) is 6.54 Å². The Labute approximate surface area is 108 Å². The van der Waals surface area contributed by atoms with Crippen molar-refractivity contribution >= 4 is 0 Å². The van der Waals surface area contributed by atoms with Crippen LogP contribution in [-0.2, 0) is 0 Å². The smallest absolute Gasteiger partial charge is 0.0124 e. The molecule has 1 saturated carbocycles. The Kier molecular flexibility index (Phi) is 6.26. The summed E-state index contributed by atoms with van der Waals surface area (Å²) < 4.78 is 0. The first-order valence-electron chi connectivity index (χ1n) is 7.46. The topological polar surface area (TPSA) is 12.0 Å². The van der Waals surface area contributed by atoms with Crippen molar-refractivity contribution in [3.63, 3.8) is 0 Å². The predicted octanol–water partition coefficient (Wildman–Crippen LogP) is 4.68. The van der Waals surface area contributed by atoms with Crippen molar-refractivity contribution in [3.05, 3.63) is 12.2 Å². The van der Waals surface area contributed by atoms with Gasteiger partial charge in [-0.25, -0.2) is 0 Å². The number of nitrogens with one attached hydrogen (secondary N) is 1. The summed E-state index contributed by atoms with van der Waals surface area (Å²) in [4.78, 5) is 0. The number of rotatable bonds is 7. The van der Waals surface area contributed by atoms with Crippen LogP contribution in [0.1, 0.15) is 72.1 Å². The molecule has 0 aromatic carbocycles. The van der Waals surface area contributed by atoms with Gasteiger partial charge in [0.2, 0.25) is 0 Å². The van der Waals surface area contributed by atoms with Crippen LogP contribution in [0.25, 0.3) is 0 Å². The fourth-order valence-corrected chi connectivity index (χ4v) is 3.11. The van der Waals surface area contributed by atoms with Gasteiger partial charge in [0.25, 0.3) is 0 Å². The highest BCUT2D eigenvalue weighted by atomic mass is 14.9. The third-order valence-electron chi connectivity index (χ3n) is 4.34. The Bertz CT molecular complexity index is 226. The van der Waals surface area contributed by atoms with Gasteiger partial charge in [0.1, 0.15) is 0 Å². The minimum absolute atomic E-state index is 0.531. The zero-order chi connectivity index (χ0) is 12.7.